The zero-order valence-electron chi connectivity index (χ0n) is 14.0. The van der Waals surface area contributed by atoms with Crippen molar-refractivity contribution in [2.24, 2.45) is 0 Å². The van der Waals surface area contributed by atoms with Gasteiger partial charge in [-0.05, 0) is 25.8 Å². The Morgan fingerprint density at radius 3 is 1.74 bits per heavy atom. The van der Waals surface area contributed by atoms with Crippen LogP contribution in [0.5, 0.6) is 0 Å². The monoisotopic (exact) mass is 269 g/mol. The maximum absolute atomic E-state index is 3.74. The zero-order valence-corrected chi connectivity index (χ0v) is 14.0. The Bertz CT molecular complexity index is 156. The van der Waals surface area contributed by atoms with Gasteiger partial charge < -0.3 is 5.32 Å². The lowest BCUT2D eigenvalue weighted by atomic mass is 10.1. The largest absolute Gasteiger partial charge is 0.314 e. The minimum Gasteiger partial charge on any atom is -0.314 e. The van der Waals surface area contributed by atoms with Crippen molar-refractivity contribution in [2.75, 3.05) is 6.54 Å². The van der Waals surface area contributed by atoms with E-state index in [0.717, 1.165) is 6.04 Å². The second-order valence-electron chi connectivity index (χ2n) is 6.03. The maximum atomic E-state index is 3.74. The summed E-state index contributed by atoms with van der Waals surface area (Å²) in [6.45, 7) is 8.13. The fourth-order valence-electron chi connectivity index (χ4n) is 2.66. The fraction of sp³-hybridized carbons (Fsp3) is 1.00. The van der Waals surface area contributed by atoms with Crippen molar-refractivity contribution >= 4 is 0 Å². The lowest BCUT2D eigenvalue weighted by Gasteiger charge is -2.16. The molecule has 0 aromatic rings. The molecule has 0 radical (unpaired) electrons. The van der Waals surface area contributed by atoms with Crippen molar-refractivity contribution in [1.29, 1.82) is 0 Å². The standard InChI is InChI=1S/C18H39N/c1-4-7-9-10-11-12-13-15-17-19-18(6-3)16-14-8-5-2/h18-19H,4-17H2,1-3H3. The average Bonchev–Trinajstić information content (AvgIpc) is 2.43. The molecule has 0 fully saturated rings. The molecule has 0 spiro atoms. The van der Waals surface area contributed by atoms with Crippen molar-refractivity contribution in [3.8, 4) is 0 Å². The predicted octanol–water partition coefficient (Wildman–Crippen LogP) is 6.08. The molecule has 0 rings (SSSR count). The summed E-state index contributed by atoms with van der Waals surface area (Å²) in [7, 11) is 0. The first-order chi connectivity index (χ1) is 9.35. The summed E-state index contributed by atoms with van der Waals surface area (Å²) in [5.74, 6) is 0. The maximum Gasteiger partial charge on any atom is 0.00644 e. The second-order valence-corrected chi connectivity index (χ2v) is 6.03. The minimum absolute atomic E-state index is 0.774. The summed E-state index contributed by atoms with van der Waals surface area (Å²) in [5.41, 5.74) is 0. The van der Waals surface area contributed by atoms with Gasteiger partial charge in [0.1, 0.15) is 0 Å². The van der Waals surface area contributed by atoms with Crippen LogP contribution in [0.2, 0.25) is 0 Å². The summed E-state index contributed by atoms with van der Waals surface area (Å²) in [4.78, 5) is 0. The Hall–Kier alpha value is -0.0400. The van der Waals surface area contributed by atoms with Crippen LogP contribution in [0, 0.1) is 0 Å². The van der Waals surface area contributed by atoms with E-state index in [1.165, 1.54) is 90.0 Å². The van der Waals surface area contributed by atoms with E-state index in [1.807, 2.05) is 0 Å². The molecule has 1 N–H and O–H groups in total. The number of unbranched alkanes of at least 4 members (excludes halogenated alkanes) is 9. The third-order valence-electron chi connectivity index (χ3n) is 4.11. The molecule has 116 valence electrons. The van der Waals surface area contributed by atoms with E-state index >= 15 is 0 Å². The summed E-state index contributed by atoms with van der Waals surface area (Å²) in [6, 6.07) is 0.774. The highest BCUT2D eigenvalue weighted by atomic mass is 14.9. The average molecular weight is 270 g/mol. The summed E-state index contributed by atoms with van der Waals surface area (Å²) < 4.78 is 0. The van der Waals surface area contributed by atoms with E-state index in [4.69, 9.17) is 0 Å². The molecule has 0 heterocycles. The summed E-state index contributed by atoms with van der Waals surface area (Å²) in [5, 5.41) is 3.74. The van der Waals surface area contributed by atoms with Gasteiger partial charge in [-0.2, -0.15) is 0 Å². The first-order valence-corrected chi connectivity index (χ1v) is 9.08. The van der Waals surface area contributed by atoms with E-state index in [1.54, 1.807) is 0 Å². The molecule has 0 aliphatic heterocycles. The quantitative estimate of drug-likeness (QED) is 0.355. The molecule has 0 aromatic carbocycles. The van der Waals surface area contributed by atoms with Gasteiger partial charge in [0, 0.05) is 6.04 Å². The van der Waals surface area contributed by atoms with Gasteiger partial charge >= 0.3 is 0 Å². The van der Waals surface area contributed by atoms with Crippen LogP contribution in [0.25, 0.3) is 0 Å². The van der Waals surface area contributed by atoms with Crippen LogP contribution >= 0.6 is 0 Å². The van der Waals surface area contributed by atoms with Crippen LogP contribution in [0.4, 0.5) is 0 Å². The second kappa shape index (κ2) is 16.0. The normalized spacial score (nSPS) is 12.8. The van der Waals surface area contributed by atoms with E-state index in [2.05, 4.69) is 26.1 Å². The van der Waals surface area contributed by atoms with Gasteiger partial charge in [-0.1, -0.05) is 85.0 Å². The van der Waals surface area contributed by atoms with Crippen LogP contribution in [0.3, 0.4) is 0 Å². The fourth-order valence-corrected chi connectivity index (χ4v) is 2.66. The van der Waals surface area contributed by atoms with Crippen molar-refractivity contribution in [2.45, 2.75) is 110 Å². The SMILES string of the molecule is CCCCCCCCCCNC(CC)CCCCC. The summed E-state index contributed by atoms with van der Waals surface area (Å²) in [6.07, 6.45) is 18.2. The highest BCUT2D eigenvalue weighted by Crippen LogP contribution is 2.09. The van der Waals surface area contributed by atoms with Crippen LogP contribution in [-0.4, -0.2) is 12.6 Å². The Kier molecular flexibility index (Phi) is 16.0. The molecular formula is C18H39N. The van der Waals surface area contributed by atoms with E-state index < -0.39 is 0 Å². The Balaban J connectivity index is 3.21. The lowest BCUT2D eigenvalue weighted by molar-refractivity contribution is 0.437. The highest BCUT2D eigenvalue weighted by Gasteiger charge is 2.03. The molecule has 1 heteroatoms. The molecule has 1 atom stereocenters. The van der Waals surface area contributed by atoms with Crippen molar-refractivity contribution in [3.63, 3.8) is 0 Å². The molecule has 0 aliphatic rings. The Morgan fingerprint density at radius 1 is 0.632 bits per heavy atom. The molecular weight excluding hydrogens is 230 g/mol. The highest BCUT2D eigenvalue weighted by molar-refractivity contribution is 4.64. The van der Waals surface area contributed by atoms with Gasteiger partial charge in [-0.15, -0.1) is 0 Å². The number of hydrogen-bond donors (Lipinski definition) is 1. The predicted molar refractivity (Wildman–Crippen MR) is 88.8 cm³/mol. The number of nitrogens with one attached hydrogen (secondary N) is 1. The zero-order chi connectivity index (χ0) is 14.2. The molecule has 0 amide bonds. The minimum atomic E-state index is 0.774. The number of hydrogen-bond acceptors (Lipinski definition) is 1. The molecule has 19 heavy (non-hydrogen) atoms. The van der Waals surface area contributed by atoms with Crippen molar-refractivity contribution in [1.82, 2.24) is 5.32 Å². The molecule has 0 saturated carbocycles. The van der Waals surface area contributed by atoms with Crippen LogP contribution in [-0.2, 0) is 0 Å². The van der Waals surface area contributed by atoms with Crippen molar-refractivity contribution in [3.05, 3.63) is 0 Å². The molecule has 0 bridgehead atoms. The van der Waals surface area contributed by atoms with Gasteiger partial charge in [0.15, 0.2) is 0 Å². The number of rotatable bonds is 15. The van der Waals surface area contributed by atoms with Gasteiger partial charge in [-0.25, -0.2) is 0 Å². The van der Waals surface area contributed by atoms with Gasteiger partial charge in [0.2, 0.25) is 0 Å². The van der Waals surface area contributed by atoms with Gasteiger partial charge in [0.25, 0.3) is 0 Å². The van der Waals surface area contributed by atoms with Gasteiger partial charge in [0.05, 0.1) is 0 Å². The third-order valence-corrected chi connectivity index (χ3v) is 4.11. The smallest absolute Gasteiger partial charge is 0.00644 e. The van der Waals surface area contributed by atoms with Crippen LogP contribution in [0.1, 0.15) is 104 Å². The molecule has 1 nitrogen and oxygen atoms in total. The molecule has 0 saturated heterocycles. The molecule has 0 aromatic heterocycles. The molecule has 1 unspecified atom stereocenters. The van der Waals surface area contributed by atoms with E-state index in [0.29, 0.717) is 0 Å². The first kappa shape index (κ1) is 19.0. The van der Waals surface area contributed by atoms with E-state index in [9.17, 15) is 0 Å². The molecule has 0 aliphatic carbocycles. The van der Waals surface area contributed by atoms with Crippen LogP contribution < -0.4 is 5.32 Å². The topological polar surface area (TPSA) is 12.0 Å². The van der Waals surface area contributed by atoms with Crippen LogP contribution in [0.15, 0.2) is 0 Å². The Labute approximate surface area is 122 Å². The third kappa shape index (κ3) is 14.2. The lowest BCUT2D eigenvalue weighted by Crippen LogP contribution is -2.29. The van der Waals surface area contributed by atoms with Crippen molar-refractivity contribution < 1.29 is 0 Å². The van der Waals surface area contributed by atoms with E-state index in [-0.39, 0.29) is 0 Å². The Morgan fingerprint density at radius 2 is 1.16 bits per heavy atom. The van der Waals surface area contributed by atoms with Gasteiger partial charge in [-0.3, -0.25) is 0 Å². The first-order valence-electron chi connectivity index (χ1n) is 9.08. The summed E-state index contributed by atoms with van der Waals surface area (Å²) >= 11 is 0.